The van der Waals surface area contributed by atoms with Crippen LogP contribution >= 0.6 is 0 Å². The number of nitrogens with zero attached hydrogens (tertiary/aromatic N) is 3. The molecule has 0 fully saturated rings. The summed E-state index contributed by atoms with van der Waals surface area (Å²) in [6.45, 7) is 4.26. The number of nitrogens with two attached hydrogens (primary N) is 1. The molecule has 3 rings (SSSR count). The first-order valence-electron chi connectivity index (χ1n) is 8.09. The van der Waals surface area contributed by atoms with Gasteiger partial charge in [-0.25, -0.2) is 0 Å². The molecule has 0 unspecified atom stereocenters. The molecule has 4 heteroatoms. The van der Waals surface area contributed by atoms with E-state index in [1.165, 1.54) is 0 Å². The molecule has 4 nitrogen and oxygen atoms in total. The van der Waals surface area contributed by atoms with Crippen molar-refractivity contribution in [3.8, 4) is 17.2 Å². The Morgan fingerprint density at radius 2 is 1.83 bits per heavy atom. The molecule has 3 aromatic rings. The second kappa shape index (κ2) is 6.77. The van der Waals surface area contributed by atoms with Crippen LogP contribution in [0.3, 0.4) is 0 Å². The second-order valence-corrected chi connectivity index (χ2v) is 6.41. The lowest BCUT2D eigenvalue weighted by atomic mass is 9.97. The van der Waals surface area contributed by atoms with Gasteiger partial charge in [-0.1, -0.05) is 19.9 Å². The maximum absolute atomic E-state index is 9.56. The van der Waals surface area contributed by atoms with Crippen molar-refractivity contribution in [2.24, 2.45) is 11.7 Å². The van der Waals surface area contributed by atoms with E-state index in [-0.39, 0.29) is 6.04 Å². The van der Waals surface area contributed by atoms with Gasteiger partial charge >= 0.3 is 0 Å². The smallest absolute Gasteiger partial charge is 0.0999 e. The van der Waals surface area contributed by atoms with Crippen LogP contribution in [0.5, 0.6) is 0 Å². The van der Waals surface area contributed by atoms with Gasteiger partial charge in [-0.2, -0.15) is 5.26 Å². The first-order valence-corrected chi connectivity index (χ1v) is 8.09. The SMILES string of the molecule is CC(C)C[C@@H](N)c1cc(C#N)c2cc(-c3ccncc3)ccc2n1. The number of benzene rings is 1. The minimum atomic E-state index is -0.152. The van der Waals surface area contributed by atoms with Gasteiger partial charge in [0.1, 0.15) is 0 Å². The molecule has 0 aliphatic rings. The number of aromatic nitrogens is 2. The van der Waals surface area contributed by atoms with Crippen LogP contribution in [0.25, 0.3) is 22.0 Å². The van der Waals surface area contributed by atoms with Gasteiger partial charge in [0.05, 0.1) is 22.8 Å². The van der Waals surface area contributed by atoms with Crippen molar-refractivity contribution in [3.05, 3.63) is 60.0 Å². The highest BCUT2D eigenvalue weighted by Gasteiger charge is 2.14. The van der Waals surface area contributed by atoms with Gasteiger partial charge < -0.3 is 5.73 Å². The molecule has 0 saturated heterocycles. The predicted octanol–water partition coefficient (Wildman–Crippen LogP) is 4.21. The highest BCUT2D eigenvalue weighted by atomic mass is 14.8. The zero-order chi connectivity index (χ0) is 17.1. The fourth-order valence-electron chi connectivity index (χ4n) is 2.88. The quantitative estimate of drug-likeness (QED) is 0.782. The molecule has 0 saturated carbocycles. The second-order valence-electron chi connectivity index (χ2n) is 6.41. The van der Waals surface area contributed by atoms with Crippen molar-refractivity contribution in [2.75, 3.05) is 0 Å². The van der Waals surface area contributed by atoms with Gasteiger partial charge in [-0.05, 0) is 53.8 Å². The highest BCUT2D eigenvalue weighted by molar-refractivity contribution is 5.89. The summed E-state index contributed by atoms with van der Waals surface area (Å²) in [5.41, 5.74) is 10.6. The average Bonchev–Trinajstić information content (AvgIpc) is 2.60. The van der Waals surface area contributed by atoms with E-state index >= 15 is 0 Å². The third-order valence-corrected chi connectivity index (χ3v) is 4.07. The summed E-state index contributed by atoms with van der Waals surface area (Å²) in [5.74, 6) is 0.483. The highest BCUT2D eigenvalue weighted by Crippen LogP contribution is 2.28. The van der Waals surface area contributed by atoms with Crippen molar-refractivity contribution in [3.63, 3.8) is 0 Å². The van der Waals surface area contributed by atoms with Crippen molar-refractivity contribution < 1.29 is 0 Å². The minimum absolute atomic E-state index is 0.152. The molecule has 0 aliphatic carbocycles. The van der Waals surface area contributed by atoms with E-state index < -0.39 is 0 Å². The molecule has 1 atom stereocenters. The van der Waals surface area contributed by atoms with E-state index in [1.807, 2.05) is 36.4 Å². The lowest BCUT2D eigenvalue weighted by Crippen LogP contribution is -2.14. The van der Waals surface area contributed by atoms with E-state index in [0.717, 1.165) is 34.1 Å². The molecule has 0 radical (unpaired) electrons. The first-order chi connectivity index (χ1) is 11.6. The van der Waals surface area contributed by atoms with E-state index in [2.05, 4.69) is 29.9 Å². The Kier molecular flexibility index (Phi) is 4.54. The van der Waals surface area contributed by atoms with Gasteiger partial charge in [0, 0.05) is 23.8 Å². The minimum Gasteiger partial charge on any atom is -0.323 e. The van der Waals surface area contributed by atoms with Crippen molar-refractivity contribution >= 4 is 10.9 Å². The largest absolute Gasteiger partial charge is 0.323 e. The third-order valence-electron chi connectivity index (χ3n) is 4.07. The molecule has 0 bridgehead atoms. The van der Waals surface area contributed by atoms with Gasteiger partial charge in [0.25, 0.3) is 0 Å². The fraction of sp³-hybridized carbons (Fsp3) is 0.250. The summed E-state index contributed by atoms with van der Waals surface area (Å²) < 4.78 is 0. The molecule has 24 heavy (non-hydrogen) atoms. The van der Waals surface area contributed by atoms with Crippen molar-refractivity contribution in [1.29, 1.82) is 5.26 Å². The van der Waals surface area contributed by atoms with E-state index in [9.17, 15) is 5.26 Å². The van der Waals surface area contributed by atoms with Crippen molar-refractivity contribution in [1.82, 2.24) is 9.97 Å². The summed E-state index contributed by atoms with van der Waals surface area (Å²) in [6.07, 6.45) is 4.37. The van der Waals surface area contributed by atoms with Gasteiger partial charge in [-0.3, -0.25) is 9.97 Å². The Morgan fingerprint density at radius 3 is 2.50 bits per heavy atom. The van der Waals surface area contributed by atoms with E-state index in [0.29, 0.717) is 11.5 Å². The zero-order valence-electron chi connectivity index (χ0n) is 13.9. The number of pyridine rings is 2. The van der Waals surface area contributed by atoms with Gasteiger partial charge in [-0.15, -0.1) is 0 Å². The van der Waals surface area contributed by atoms with E-state index in [1.54, 1.807) is 12.4 Å². The molecular formula is C20H20N4. The number of nitriles is 1. The summed E-state index contributed by atoms with van der Waals surface area (Å²) in [4.78, 5) is 8.73. The molecule has 0 amide bonds. The topological polar surface area (TPSA) is 75.6 Å². The maximum Gasteiger partial charge on any atom is 0.0999 e. The number of hydrogen-bond acceptors (Lipinski definition) is 4. The van der Waals surface area contributed by atoms with Crippen LogP contribution in [0.2, 0.25) is 0 Å². The Labute approximate surface area is 142 Å². The molecule has 2 N–H and O–H groups in total. The summed E-state index contributed by atoms with van der Waals surface area (Å²) >= 11 is 0. The first kappa shape index (κ1) is 16.1. The Morgan fingerprint density at radius 1 is 1.08 bits per heavy atom. The number of rotatable bonds is 4. The van der Waals surface area contributed by atoms with Crippen LogP contribution < -0.4 is 5.73 Å². The monoisotopic (exact) mass is 316 g/mol. The van der Waals surface area contributed by atoms with Crippen LogP contribution in [0.15, 0.2) is 48.8 Å². The maximum atomic E-state index is 9.56. The average molecular weight is 316 g/mol. The van der Waals surface area contributed by atoms with Crippen LogP contribution in [-0.2, 0) is 0 Å². The zero-order valence-corrected chi connectivity index (χ0v) is 13.9. The Balaban J connectivity index is 2.10. The van der Waals surface area contributed by atoms with Gasteiger partial charge in [0.15, 0.2) is 0 Å². The number of fused-ring (bicyclic) bond motifs is 1. The standard InChI is InChI=1S/C20H20N4/c1-13(2)9-18(22)20-11-16(12-21)17-10-15(3-4-19(17)24-20)14-5-7-23-8-6-14/h3-8,10-11,13,18H,9,22H2,1-2H3/t18-/m1/s1. The van der Waals surface area contributed by atoms with Crippen LogP contribution in [-0.4, -0.2) is 9.97 Å². The molecular weight excluding hydrogens is 296 g/mol. The van der Waals surface area contributed by atoms with Crippen LogP contribution in [0.1, 0.15) is 37.6 Å². The normalized spacial score (nSPS) is 12.3. The summed E-state index contributed by atoms with van der Waals surface area (Å²) in [5, 5.41) is 10.4. The predicted molar refractivity (Wildman–Crippen MR) is 96.1 cm³/mol. The lowest BCUT2D eigenvalue weighted by Gasteiger charge is -2.15. The summed E-state index contributed by atoms with van der Waals surface area (Å²) in [7, 11) is 0. The molecule has 120 valence electrons. The molecule has 2 heterocycles. The van der Waals surface area contributed by atoms with E-state index in [4.69, 9.17) is 5.73 Å². The number of hydrogen-bond donors (Lipinski definition) is 1. The molecule has 0 aliphatic heterocycles. The van der Waals surface area contributed by atoms with Crippen molar-refractivity contribution in [2.45, 2.75) is 26.3 Å². The molecule has 0 spiro atoms. The molecule has 1 aromatic carbocycles. The molecule has 2 aromatic heterocycles. The Bertz CT molecular complexity index is 895. The van der Waals surface area contributed by atoms with Gasteiger partial charge in [0.2, 0.25) is 0 Å². The van der Waals surface area contributed by atoms with Crippen LogP contribution in [0, 0.1) is 17.2 Å². The lowest BCUT2D eigenvalue weighted by molar-refractivity contribution is 0.503. The van der Waals surface area contributed by atoms with Crippen LogP contribution in [0.4, 0.5) is 0 Å². The summed E-state index contributed by atoms with van der Waals surface area (Å²) in [6, 6.07) is 13.8. The third kappa shape index (κ3) is 3.27. The Hall–Kier alpha value is -2.77. The fourth-order valence-corrected chi connectivity index (χ4v) is 2.88.